The van der Waals surface area contributed by atoms with E-state index in [-0.39, 0.29) is 18.5 Å². The van der Waals surface area contributed by atoms with Crippen molar-refractivity contribution >= 4 is 12.0 Å². The minimum atomic E-state index is -0.835. The second-order valence-corrected chi connectivity index (χ2v) is 6.24. The van der Waals surface area contributed by atoms with Crippen molar-refractivity contribution in [2.75, 3.05) is 19.6 Å². The molecule has 2 atom stereocenters. The van der Waals surface area contributed by atoms with Gasteiger partial charge in [-0.1, -0.05) is 37.3 Å². The number of urea groups is 1. The minimum absolute atomic E-state index is 0.167. The van der Waals surface area contributed by atoms with Crippen molar-refractivity contribution in [2.24, 2.45) is 5.41 Å². The van der Waals surface area contributed by atoms with Crippen molar-refractivity contribution in [2.45, 2.75) is 32.6 Å². The molecule has 2 N–H and O–H groups in total. The Hall–Kier alpha value is -2.04. The number of carbonyl (C=O) groups is 2. The molecule has 0 bridgehead atoms. The Morgan fingerprint density at radius 3 is 2.59 bits per heavy atom. The van der Waals surface area contributed by atoms with Gasteiger partial charge in [-0.25, -0.2) is 4.79 Å². The zero-order valence-electron chi connectivity index (χ0n) is 13.2. The van der Waals surface area contributed by atoms with Crippen LogP contribution in [0.4, 0.5) is 4.79 Å². The van der Waals surface area contributed by atoms with Crippen LogP contribution in [0.15, 0.2) is 30.3 Å². The Labute approximate surface area is 131 Å². The van der Waals surface area contributed by atoms with Gasteiger partial charge < -0.3 is 15.3 Å². The molecule has 1 aliphatic heterocycles. The Kier molecular flexibility index (Phi) is 5.06. The lowest BCUT2D eigenvalue weighted by Gasteiger charge is -2.22. The number of benzene rings is 1. The fourth-order valence-corrected chi connectivity index (χ4v) is 2.85. The molecule has 22 heavy (non-hydrogen) atoms. The van der Waals surface area contributed by atoms with Crippen LogP contribution in [0.5, 0.6) is 0 Å². The van der Waals surface area contributed by atoms with Crippen molar-refractivity contribution in [3.05, 3.63) is 35.9 Å². The standard InChI is InChI=1S/C17H24N2O3/c1-3-13(14-7-5-4-6-8-14)11-18-16(22)19-10-9-17(2,12-19)15(20)21/h4-8,13H,3,9-12H2,1-2H3,(H,18,22)(H,20,21). The average molecular weight is 304 g/mol. The van der Waals surface area contributed by atoms with E-state index >= 15 is 0 Å². The van der Waals surface area contributed by atoms with Crippen LogP contribution in [0, 0.1) is 5.41 Å². The molecule has 0 radical (unpaired) electrons. The summed E-state index contributed by atoms with van der Waals surface area (Å²) >= 11 is 0. The fourth-order valence-electron chi connectivity index (χ4n) is 2.85. The van der Waals surface area contributed by atoms with Crippen molar-refractivity contribution in [1.29, 1.82) is 0 Å². The van der Waals surface area contributed by atoms with Crippen molar-refractivity contribution in [1.82, 2.24) is 10.2 Å². The second-order valence-electron chi connectivity index (χ2n) is 6.24. The molecular weight excluding hydrogens is 280 g/mol. The first-order valence-corrected chi connectivity index (χ1v) is 7.77. The van der Waals surface area contributed by atoms with Crippen LogP contribution in [-0.4, -0.2) is 41.6 Å². The van der Waals surface area contributed by atoms with Crippen LogP contribution >= 0.6 is 0 Å². The fraction of sp³-hybridized carbons (Fsp3) is 0.529. The van der Waals surface area contributed by atoms with Crippen molar-refractivity contribution in [3.8, 4) is 0 Å². The van der Waals surface area contributed by atoms with E-state index in [1.54, 1.807) is 11.8 Å². The Morgan fingerprint density at radius 2 is 2.05 bits per heavy atom. The van der Waals surface area contributed by atoms with Crippen LogP contribution in [-0.2, 0) is 4.79 Å². The summed E-state index contributed by atoms with van der Waals surface area (Å²) < 4.78 is 0. The van der Waals surface area contributed by atoms with Gasteiger partial charge in [0.1, 0.15) is 0 Å². The molecule has 0 spiro atoms. The molecule has 0 aliphatic carbocycles. The van der Waals surface area contributed by atoms with Gasteiger partial charge in [-0.05, 0) is 25.3 Å². The summed E-state index contributed by atoms with van der Waals surface area (Å²) in [6, 6.07) is 9.94. The quantitative estimate of drug-likeness (QED) is 0.878. The molecule has 1 saturated heterocycles. The first-order chi connectivity index (χ1) is 10.5. The lowest BCUT2D eigenvalue weighted by atomic mass is 9.90. The third-order valence-electron chi connectivity index (χ3n) is 4.54. The number of aliphatic carboxylic acids is 1. The van der Waals surface area contributed by atoms with E-state index in [1.165, 1.54) is 5.56 Å². The molecule has 1 heterocycles. The molecule has 5 heteroatoms. The van der Waals surface area contributed by atoms with Crippen LogP contribution in [0.1, 0.15) is 38.2 Å². The summed E-state index contributed by atoms with van der Waals surface area (Å²) in [6.45, 7) is 5.13. The zero-order chi connectivity index (χ0) is 16.2. The van der Waals surface area contributed by atoms with Gasteiger partial charge in [0.05, 0.1) is 5.41 Å². The summed E-state index contributed by atoms with van der Waals surface area (Å²) in [5.41, 5.74) is 0.392. The maximum atomic E-state index is 12.2. The summed E-state index contributed by atoms with van der Waals surface area (Å²) in [5, 5.41) is 12.2. The number of hydrogen-bond donors (Lipinski definition) is 2. The number of hydrogen-bond acceptors (Lipinski definition) is 2. The number of amides is 2. The van der Waals surface area contributed by atoms with Crippen molar-refractivity contribution < 1.29 is 14.7 Å². The van der Waals surface area contributed by atoms with Crippen LogP contribution < -0.4 is 5.32 Å². The summed E-state index contributed by atoms with van der Waals surface area (Å²) in [5.74, 6) is -0.558. The molecule has 120 valence electrons. The van der Waals surface area contributed by atoms with Crippen LogP contribution in [0.25, 0.3) is 0 Å². The van der Waals surface area contributed by atoms with Gasteiger partial charge in [0.15, 0.2) is 0 Å². The molecule has 1 aromatic rings. The first-order valence-electron chi connectivity index (χ1n) is 7.77. The summed E-state index contributed by atoms with van der Waals surface area (Å²) in [7, 11) is 0. The number of carboxylic acid groups (broad SMARTS) is 1. The van der Waals surface area contributed by atoms with Crippen LogP contribution in [0.3, 0.4) is 0 Å². The van der Waals surface area contributed by atoms with Crippen LogP contribution in [0.2, 0.25) is 0 Å². The van der Waals surface area contributed by atoms with Gasteiger partial charge in [0.25, 0.3) is 0 Å². The minimum Gasteiger partial charge on any atom is -0.481 e. The van der Waals surface area contributed by atoms with Gasteiger partial charge in [-0.15, -0.1) is 0 Å². The number of carboxylic acids is 1. The lowest BCUT2D eigenvalue weighted by Crippen LogP contribution is -2.42. The maximum absolute atomic E-state index is 12.2. The number of likely N-dealkylation sites (tertiary alicyclic amines) is 1. The highest BCUT2D eigenvalue weighted by molar-refractivity contribution is 5.79. The SMILES string of the molecule is CCC(CNC(=O)N1CCC(C)(C(=O)O)C1)c1ccccc1. The number of nitrogens with one attached hydrogen (secondary N) is 1. The molecule has 5 nitrogen and oxygen atoms in total. The van der Waals surface area contributed by atoms with E-state index in [0.717, 1.165) is 6.42 Å². The monoisotopic (exact) mass is 304 g/mol. The number of carbonyl (C=O) groups excluding carboxylic acids is 1. The largest absolute Gasteiger partial charge is 0.481 e. The van der Waals surface area contributed by atoms with Gasteiger partial charge in [-0.3, -0.25) is 4.79 Å². The molecule has 1 aliphatic rings. The first kappa shape index (κ1) is 16.3. The molecule has 2 amide bonds. The molecule has 1 aromatic carbocycles. The van der Waals surface area contributed by atoms with Crippen molar-refractivity contribution in [3.63, 3.8) is 0 Å². The summed E-state index contributed by atoms with van der Waals surface area (Å²) in [6.07, 6.45) is 1.45. The third-order valence-corrected chi connectivity index (χ3v) is 4.54. The zero-order valence-corrected chi connectivity index (χ0v) is 13.2. The highest BCUT2D eigenvalue weighted by Crippen LogP contribution is 2.30. The lowest BCUT2D eigenvalue weighted by molar-refractivity contribution is -0.146. The van der Waals surface area contributed by atoms with Gasteiger partial charge in [0.2, 0.25) is 0 Å². The van der Waals surface area contributed by atoms with E-state index in [0.29, 0.717) is 19.5 Å². The smallest absolute Gasteiger partial charge is 0.317 e. The van der Waals surface area contributed by atoms with Gasteiger partial charge >= 0.3 is 12.0 Å². The van der Waals surface area contributed by atoms with E-state index in [9.17, 15) is 14.7 Å². The number of rotatable bonds is 5. The Morgan fingerprint density at radius 1 is 1.36 bits per heavy atom. The normalized spacial score (nSPS) is 22.4. The molecule has 2 rings (SSSR count). The topological polar surface area (TPSA) is 69.6 Å². The van der Waals surface area contributed by atoms with E-state index < -0.39 is 11.4 Å². The molecule has 1 fully saturated rings. The Bertz CT molecular complexity index is 532. The third kappa shape index (κ3) is 3.59. The van der Waals surface area contributed by atoms with E-state index in [2.05, 4.69) is 24.4 Å². The molecular formula is C17H24N2O3. The number of nitrogens with zero attached hydrogens (tertiary/aromatic N) is 1. The molecule has 0 aromatic heterocycles. The highest BCUT2D eigenvalue weighted by Gasteiger charge is 2.42. The highest BCUT2D eigenvalue weighted by atomic mass is 16.4. The molecule has 0 saturated carbocycles. The summed E-state index contributed by atoms with van der Waals surface area (Å²) in [4.78, 5) is 25.1. The van der Waals surface area contributed by atoms with E-state index in [4.69, 9.17) is 0 Å². The average Bonchev–Trinajstić information content (AvgIpc) is 2.93. The predicted molar refractivity (Wildman–Crippen MR) is 84.8 cm³/mol. The molecule has 2 unspecified atom stereocenters. The van der Waals surface area contributed by atoms with E-state index in [1.807, 2.05) is 18.2 Å². The Balaban J connectivity index is 1.89. The predicted octanol–water partition coefficient (Wildman–Crippen LogP) is 2.69. The van der Waals surface area contributed by atoms with Gasteiger partial charge in [0, 0.05) is 25.6 Å². The second kappa shape index (κ2) is 6.81. The maximum Gasteiger partial charge on any atom is 0.317 e. The van der Waals surface area contributed by atoms with Gasteiger partial charge in [-0.2, -0.15) is 0 Å².